The van der Waals surface area contributed by atoms with Gasteiger partial charge < -0.3 is 9.97 Å². The van der Waals surface area contributed by atoms with Crippen LogP contribution in [-0.2, 0) is 12.8 Å². The fourth-order valence-electron chi connectivity index (χ4n) is 2.38. The quantitative estimate of drug-likeness (QED) is 0.784. The van der Waals surface area contributed by atoms with Gasteiger partial charge in [-0.1, -0.05) is 6.92 Å². The molecular formula is C13H15N3O. The molecule has 88 valence electrons. The first-order valence-corrected chi connectivity index (χ1v) is 5.99. The molecule has 0 saturated carbocycles. The second kappa shape index (κ2) is 3.87. The van der Waals surface area contributed by atoms with Gasteiger partial charge in [-0.3, -0.25) is 4.79 Å². The first kappa shape index (κ1) is 10.3. The summed E-state index contributed by atoms with van der Waals surface area (Å²) in [4.78, 5) is 22.5. The summed E-state index contributed by atoms with van der Waals surface area (Å²) in [6.45, 7) is 2.25. The normalized spacial score (nSPS) is 19.0. The SMILES string of the molecule is CC1CCc2nc(-c3c[nH]ccc3=O)[nH]c2C1. The second-order valence-electron chi connectivity index (χ2n) is 4.78. The van der Waals surface area contributed by atoms with E-state index in [2.05, 4.69) is 21.9 Å². The van der Waals surface area contributed by atoms with E-state index in [4.69, 9.17) is 0 Å². The van der Waals surface area contributed by atoms with Crippen molar-refractivity contribution in [1.82, 2.24) is 15.0 Å². The third-order valence-corrected chi connectivity index (χ3v) is 3.37. The van der Waals surface area contributed by atoms with Gasteiger partial charge in [-0.25, -0.2) is 4.98 Å². The molecule has 0 aromatic carbocycles. The number of aryl methyl sites for hydroxylation is 1. The van der Waals surface area contributed by atoms with E-state index in [0.29, 0.717) is 17.3 Å². The number of aromatic nitrogens is 3. The van der Waals surface area contributed by atoms with Crippen molar-refractivity contribution in [2.75, 3.05) is 0 Å². The number of rotatable bonds is 1. The Hall–Kier alpha value is -1.84. The number of pyridine rings is 1. The van der Waals surface area contributed by atoms with E-state index in [-0.39, 0.29) is 5.43 Å². The maximum Gasteiger partial charge on any atom is 0.192 e. The number of aromatic amines is 2. The van der Waals surface area contributed by atoms with Crippen LogP contribution in [-0.4, -0.2) is 15.0 Å². The molecule has 1 aliphatic carbocycles. The summed E-state index contributed by atoms with van der Waals surface area (Å²) in [6, 6.07) is 1.53. The van der Waals surface area contributed by atoms with Crippen LogP contribution >= 0.6 is 0 Å². The van der Waals surface area contributed by atoms with Crippen LogP contribution in [0.5, 0.6) is 0 Å². The molecule has 1 atom stereocenters. The molecular weight excluding hydrogens is 214 g/mol. The lowest BCUT2D eigenvalue weighted by Crippen LogP contribution is -2.10. The number of nitrogens with zero attached hydrogens (tertiary/aromatic N) is 1. The van der Waals surface area contributed by atoms with Gasteiger partial charge in [-0.05, 0) is 25.2 Å². The zero-order valence-electron chi connectivity index (χ0n) is 9.79. The summed E-state index contributed by atoms with van der Waals surface area (Å²) >= 11 is 0. The molecule has 4 nitrogen and oxygen atoms in total. The van der Waals surface area contributed by atoms with Crippen LogP contribution in [0, 0.1) is 5.92 Å². The van der Waals surface area contributed by atoms with E-state index in [0.717, 1.165) is 18.5 Å². The highest BCUT2D eigenvalue weighted by molar-refractivity contribution is 5.54. The van der Waals surface area contributed by atoms with E-state index in [9.17, 15) is 4.79 Å². The Balaban J connectivity index is 2.06. The minimum Gasteiger partial charge on any atom is -0.367 e. The Bertz CT molecular complexity index is 597. The number of hydrogen-bond donors (Lipinski definition) is 2. The maximum absolute atomic E-state index is 11.7. The molecule has 0 radical (unpaired) electrons. The number of imidazole rings is 1. The molecule has 0 saturated heterocycles. The molecule has 0 fully saturated rings. The molecule has 2 heterocycles. The van der Waals surface area contributed by atoms with Crippen LogP contribution in [0.15, 0.2) is 23.3 Å². The molecule has 2 aromatic heterocycles. The summed E-state index contributed by atoms with van der Waals surface area (Å²) in [6.07, 6.45) is 6.57. The molecule has 0 spiro atoms. The Morgan fingerprint density at radius 1 is 1.47 bits per heavy atom. The van der Waals surface area contributed by atoms with Crippen molar-refractivity contribution in [2.24, 2.45) is 5.92 Å². The minimum atomic E-state index is 0.00268. The van der Waals surface area contributed by atoms with Crippen LogP contribution in [0.2, 0.25) is 0 Å². The monoisotopic (exact) mass is 229 g/mol. The summed E-state index contributed by atoms with van der Waals surface area (Å²) in [5.74, 6) is 1.40. The zero-order valence-corrected chi connectivity index (χ0v) is 9.79. The number of nitrogens with one attached hydrogen (secondary N) is 2. The number of fused-ring (bicyclic) bond motifs is 1. The Morgan fingerprint density at radius 2 is 2.35 bits per heavy atom. The van der Waals surface area contributed by atoms with Gasteiger partial charge in [0.25, 0.3) is 0 Å². The van der Waals surface area contributed by atoms with E-state index in [1.54, 1.807) is 12.4 Å². The minimum absolute atomic E-state index is 0.00268. The van der Waals surface area contributed by atoms with Crippen LogP contribution in [0.4, 0.5) is 0 Å². The predicted molar refractivity (Wildman–Crippen MR) is 65.8 cm³/mol. The molecule has 0 bridgehead atoms. The average Bonchev–Trinajstić information content (AvgIpc) is 2.72. The van der Waals surface area contributed by atoms with E-state index >= 15 is 0 Å². The van der Waals surface area contributed by atoms with Gasteiger partial charge in [0.2, 0.25) is 0 Å². The first-order valence-electron chi connectivity index (χ1n) is 5.99. The van der Waals surface area contributed by atoms with E-state index < -0.39 is 0 Å². The molecule has 2 aromatic rings. The van der Waals surface area contributed by atoms with Gasteiger partial charge in [0.05, 0.1) is 11.3 Å². The topological polar surface area (TPSA) is 61.5 Å². The molecule has 1 aliphatic rings. The van der Waals surface area contributed by atoms with Gasteiger partial charge in [-0.2, -0.15) is 0 Å². The van der Waals surface area contributed by atoms with Crippen molar-refractivity contribution in [1.29, 1.82) is 0 Å². The highest BCUT2D eigenvalue weighted by Crippen LogP contribution is 2.25. The molecule has 1 unspecified atom stereocenters. The third kappa shape index (κ3) is 1.79. The Kier molecular flexibility index (Phi) is 2.35. The van der Waals surface area contributed by atoms with Gasteiger partial charge in [0.1, 0.15) is 5.82 Å². The van der Waals surface area contributed by atoms with Gasteiger partial charge >= 0.3 is 0 Å². The van der Waals surface area contributed by atoms with Gasteiger partial charge in [0.15, 0.2) is 5.43 Å². The van der Waals surface area contributed by atoms with Crippen molar-refractivity contribution in [2.45, 2.75) is 26.2 Å². The fraction of sp³-hybridized carbons (Fsp3) is 0.385. The largest absolute Gasteiger partial charge is 0.367 e. The lowest BCUT2D eigenvalue weighted by Gasteiger charge is -2.15. The zero-order chi connectivity index (χ0) is 11.8. The lowest BCUT2D eigenvalue weighted by atomic mass is 9.92. The fourth-order valence-corrected chi connectivity index (χ4v) is 2.38. The molecule has 2 N–H and O–H groups in total. The molecule has 0 aliphatic heterocycles. The second-order valence-corrected chi connectivity index (χ2v) is 4.78. The number of H-pyrrole nitrogens is 2. The van der Waals surface area contributed by atoms with Crippen LogP contribution in [0.3, 0.4) is 0 Å². The van der Waals surface area contributed by atoms with Crippen molar-refractivity contribution in [3.63, 3.8) is 0 Å². The van der Waals surface area contributed by atoms with E-state index in [1.165, 1.54) is 18.2 Å². The summed E-state index contributed by atoms with van der Waals surface area (Å²) < 4.78 is 0. The van der Waals surface area contributed by atoms with E-state index in [1.807, 2.05) is 0 Å². The summed E-state index contributed by atoms with van der Waals surface area (Å²) in [5, 5.41) is 0. The standard InChI is InChI=1S/C13H15N3O/c1-8-2-3-10-11(6-8)16-13(15-10)9-7-14-5-4-12(9)17/h4-5,7-8H,2-3,6H2,1H3,(H,14,17)(H,15,16). The van der Waals surface area contributed by atoms with Crippen LogP contribution in [0.1, 0.15) is 24.7 Å². The summed E-state index contributed by atoms with van der Waals surface area (Å²) in [5.41, 5.74) is 2.95. The lowest BCUT2D eigenvalue weighted by molar-refractivity contribution is 0.492. The van der Waals surface area contributed by atoms with Crippen LogP contribution in [0.25, 0.3) is 11.4 Å². The Morgan fingerprint density at radius 3 is 3.18 bits per heavy atom. The van der Waals surface area contributed by atoms with Crippen molar-refractivity contribution in [3.05, 3.63) is 40.1 Å². The first-order chi connectivity index (χ1) is 8.24. The van der Waals surface area contributed by atoms with Crippen molar-refractivity contribution < 1.29 is 0 Å². The molecule has 0 amide bonds. The van der Waals surface area contributed by atoms with Crippen molar-refractivity contribution >= 4 is 0 Å². The third-order valence-electron chi connectivity index (χ3n) is 3.37. The van der Waals surface area contributed by atoms with Crippen LogP contribution < -0.4 is 5.43 Å². The number of hydrogen-bond acceptors (Lipinski definition) is 2. The highest BCUT2D eigenvalue weighted by Gasteiger charge is 2.20. The molecule has 4 heteroatoms. The van der Waals surface area contributed by atoms with Gasteiger partial charge in [0, 0.05) is 24.2 Å². The highest BCUT2D eigenvalue weighted by atomic mass is 16.1. The van der Waals surface area contributed by atoms with Crippen molar-refractivity contribution in [3.8, 4) is 11.4 Å². The molecule has 17 heavy (non-hydrogen) atoms. The predicted octanol–water partition coefficient (Wildman–Crippen LogP) is 1.89. The smallest absolute Gasteiger partial charge is 0.192 e. The van der Waals surface area contributed by atoms with Gasteiger partial charge in [-0.15, -0.1) is 0 Å². The maximum atomic E-state index is 11.7. The Labute approximate surface area is 99.1 Å². The summed E-state index contributed by atoms with van der Waals surface area (Å²) in [7, 11) is 0. The average molecular weight is 229 g/mol. The molecule has 3 rings (SSSR count).